The fraction of sp³-hybridized carbons (Fsp3) is 0.500. The van der Waals surface area contributed by atoms with Crippen LogP contribution in [0.5, 0.6) is 0 Å². The van der Waals surface area contributed by atoms with Crippen molar-refractivity contribution in [2.75, 3.05) is 6.54 Å². The maximum atomic E-state index is 13.8. The third kappa shape index (κ3) is 2.57. The minimum Gasteiger partial charge on any atom is -0.335 e. The number of rotatable bonds is 2. The number of ketones is 1. The highest BCUT2D eigenvalue weighted by Gasteiger charge is 2.40. The second-order valence-electron chi connectivity index (χ2n) is 5.80. The molecule has 1 aliphatic heterocycles. The van der Waals surface area contributed by atoms with E-state index >= 15 is 0 Å². The SMILES string of the molecule is O=C1CCCC1C1CCCN1C(=O)c1cc(F)ccc1F. The summed E-state index contributed by atoms with van der Waals surface area (Å²) in [6, 6.07) is 2.74. The van der Waals surface area contributed by atoms with E-state index in [1.54, 1.807) is 4.90 Å². The van der Waals surface area contributed by atoms with Gasteiger partial charge in [0.05, 0.1) is 5.56 Å². The fourth-order valence-electron chi connectivity index (χ4n) is 3.53. The number of carbonyl (C=O) groups is 2. The molecular weight excluding hydrogens is 276 g/mol. The first-order valence-electron chi connectivity index (χ1n) is 7.36. The Hall–Kier alpha value is -1.78. The first-order chi connectivity index (χ1) is 10.1. The van der Waals surface area contributed by atoms with E-state index in [0.717, 1.165) is 43.9 Å². The Morgan fingerprint density at radius 3 is 2.71 bits per heavy atom. The van der Waals surface area contributed by atoms with Crippen LogP contribution in [0.3, 0.4) is 0 Å². The lowest BCUT2D eigenvalue weighted by Gasteiger charge is -2.28. The van der Waals surface area contributed by atoms with Gasteiger partial charge in [-0.1, -0.05) is 0 Å². The summed E-state index contributed by atoms with van der Waals surface area (Å²) >= 11 is 0. The van der Waals surface area contributed by atoms with E-state index in [9.17, 15) is 18.4 Å². The Balaban J connectivity index is 1.86. The quantitative estimate of drug-likeness (QED) is 0.840. The van der Waals surface area contributed by atoms with Gasteiger partial charge in [0.25, 0.3) is 5.91 Å². The summed E-state index contributed by atoms with van der Waals surface area (Å²) in [5, 5.41) is 0. The molecule has 5 heteroatoms. The summed E-state index contributed by atoms with van der Waals surface area (Å²) in [7, 11) is 0. The summed E-state index contributed by atoms with van der Waals surface area (Å²) in [6.45, 7) is 0.503. The first-order valence-corrected chi connectivity index (χ1v) is 7.36. The highest BCUT2D eigenvalue weighted by atomic mass is 19.1. The molecule has 0 spiro atoms. The topological polar surface area (TPSA) is 37.4 Å². The van der Waals surface area contributed by atoms with Crippen LogP contribution in [-0.2, 0) is 4.79 Å². The van der Waals surface area contributed by atoms with Crippen LogP contribution in [0, 0.1) is 17.6 Å². The van der Waals surface area contributed by atoms with Gasteiger partial charge in [0.2, 0.25) is 0 Å². The summed E-state index contributed by atoms with van der Waals surface area (Å²) in [5.74, 6) is -1.79. The molecule has 1 aromatic carbocycles. The fourth-order valence-corrected chi connectivity index (χ4v) is 3.53. The molecule has 21 heavy (non-hydrogen) atoms. The highest BCUT2D eigenvalue weighted by Crippen LogP contribution is 2.34. The van der Waals surface area contributed by atoms with E-state index in [1.165, 1.54) is 0 Å². The average Bonchev–Trinajstić information content (AvgIpc) is 3.08. The van der Waals surface area contributed by atoms with Crippen molar-refractivity contribution in [2.24, 2.45) is 5.92 Å². The largest absolute Gasteiger partial charge is 0.335 e. The van der Waals surface area contributed by atoms with Gasteiger partial charge in [-0.15, -0.1) is 0 Å². The van der Waals surface area contributed by atoms with Crippen LogP contribution in [0.4, 0.5) is 8.78 Å². The molecule has 3 rings (SSSR count). The zero-order chi connectivity index (χ0) is 15.0. The van der Waals surface area contributed by atoms with E-state index in [2.05, 4.69) is 0 Å². The molecule has 0 radical (unpaired) electrons. The summed E-state index contributed by atoms with van der Waals surface area (Å²) in [6.07, 6.45) is 3.78. The van der Waals surface area contributed by atoms with Gasteiger partial charge in [-0.2, -0.15) is 0 Å². The number of hydrogen-bond acceptors (Lipinski definition) is 2. The molecule has 0 bridgehead atoms. The maximum absolute atomic E-state index is 13.8. The monoisotopic (exact) mass is 293 g/mol. The predicted molar refractivity (Wildman–Crippen MR) is 72.8 cm³/mol. The van der Waals surface area contributed by atoms with E-state index in [0.29, 0.717) is 13.0 Å². The van der Waals surface area contributed by atoms with E-state index in [-0.39, 0.29) is 23.3 Å². The number of benzene rings is 1. The molecule has 1 amide bonds. The Morgan fingerprint density at radius 2 is 2.00 bits per heavy atom. The van der Waals surface area contributed by atoms with Gasteiger partial charge in [-0.3, -0.25) is 9.59 Å². The number of amides is 1. The van der Waals surface area contributed by atoms with Gasteiger partial charge in [0, 0.05) is 24.9 Å². The van der Waals surface area contributed by atoms with Gasteiger partial charge >= 0.3 is 0 Å². The van der Waals surface area contributed by atoms with Crippen molar-refractivity contribution < 1.29 is 18.4 Å². The summed E-state index contributed by atoms with van der Waals surface area (Å²) in [4.78, 5) is 26.0. The maximum Gasteiger partial charge on any atom is 0.257 e. The molecule has 1 aromatic rings. The third-order valence-corrected chi connectivity index (χ3v) is 4.54. The Labute approximate surface area is 121 Å². The second-order valence-corrected chi connectivity index (χ2v) is 5.80. The smallest absolute Gasteiger partial charge is 0.257 e. The van der Waals surface area contributed by atoms with E-state index in [4.69, 9.17) is 0 Å². The molecule has 2 aliphatic rings. The lowest BCUT2D eigenvalue weighted by molar-refractivity contribution is -0.121. The van der Waals surface area contributed by atoms with Crippen molar-refractivity contribution in [2.45, 2.75) is 38.1 Å². The number of halogens is 2. The van der Waals surface area contributed by atoms with E-state index < -0.39 is 17.5 Å². The molecule has 1 aliphatic carbocycles. The standard InChI is InChI=1S/C16H17F2NO2/c17-10-6-7-13(18)12(9-10)16(21)19-8-2-4-14(19)11-3-1-5-15(11)20/h6-7,9,11,14H,1-5,8H2. The van der Waals surface area contributed by atoms with Crippen molar-refractivity contribution in [3.8, 4) is 0 Å². The van der Waals surface area contributed by atoms with Crippen LogP contribution in [0.2, 0.25) is 0 Å². The molecule has 2 fully saturated rings. The van der Waals surface area contributed by atoms with Crippen molar-refractivity contribution in [1.82, 2.24) is 4.90 Å². The Morgan fingerprint density at radius 1 is 1.19 bits per heavy atom. The molecular formula is C16H17F2NO2. The van der Waals surface area contributed by atoms with Crippen LogP contribution in [-0.4, -0.2) is 29.2 Å². The van der Waals surface area contributed by atoms with Crippen LogP contribution < -0.4 is 0 Å². The first kappa shape index (κ1) is 14.2. The third-order valence-electron chi connectivity index (χ3n) is 4.54. The average molecular weight is 293 g/mol. The number of Topliss-reactive ketones (excluding diaryl/α,β-unsaturated/α-hetero) is 1. The Bertz CT molecular complexity index is 588. The van der Waals surface area contributed by atoms with Gasteiger partial charge in [0.15, 0.2) is 0 Å². The minimum absolute atomic E-state index is 0.131. The number of nitrogens with zero attached hydrogens (tertiary/aromatic N) is 1. The lowest BCUT2D eigenvalue weighted by Crippen LogP contribution is -2.41. The number of hydrogen-bond donors (Lipinski definition) is 0. The van der Waals surface area contributed by atoms with Gasteiger partial charge in [-0.05, 0) is 43.9 Å². The van der Waals surface area contributed by atoms with Crippen LogP contribution in [0.1, 0.15) is 42.5 Å². The lowest BCUT2D eigenvalue weighted by atomic mass is 9.94. The normalized spacial score (nSPS) is 25.6. The van der Waals surface area contributed by atoms with Crippen molar-refractivity contribution in [3.05, 3.63) is 35.4 Å². The predicted octanol–water partition coefficient (Wildman–Crippen LogP) is 2.94. The van der Waals surface area contributed by atoms with Crippen LogP contribution in [0.15, 0.2) is 18.2 Å². The number of likely N-dealkylation sites (tertiary alicyclic amines) is 1. The minimum atomic E-state index is -0.718. The van der Waals surface area contributed by atoms with Crippen LogP contribution >= 0.6 is 0 Å². The molecule has 1 saturated carbocycles. The Kier molecular flexibility index (Phi) is 3.74. The molecule has 0 aromatic heterocycles. The van der Waals surface area contributed by atoms with Crippen molar-refractivity contribution in [1.29, 1.82) is 0 Å². The zero-order valence-corrected chi connectivity index (χ0v) is 11.6. The van der Waals surface area contributed by atoms with Crippen molar-refractivity contribution in [3.63, 3.8) is 0 Å². The van der Waals surface area contributed by atoms with E-state index in [1.807, 2.05) is 0 Å². The molecule has 0 N–H and O–H groups in total. The van der Waals surface area contributed by atoms with Gasteiger partial charge in [-0.25, -0.2) is 8.78 Å². The van der Waals surface area contributed by atoms with Gasteiger partial charge < -0.3 is 4.90 Å². The molecule has 1 heterocycles. The second kappa shape index (κ2) is 5.54. The highest BCUT2D eigenvalue weighted by molar-refractivity contribution is 5.95. The molecule has 2 unspecified atom stereocenters. The molecule has 2 atom stereocenters. The summed E-state index contributed by atoms with van der Waals surface area (Å²) < 4.78 is 27.0. The zero-order valence-electron chi connectivity index (χ0n) is 11.6. The molecule has 1 saturated heterocycles. The molecule has 112 valence electrons. The number of carbonyl (C=O) groups excluding carboxylic acids is 2. The van der Waals surface area contributed by atoms with Crippen LogP contribution in [0.25, 0.3) is 0 Å². The molecule has 3 nitrogen and oxygen atoms in total. The summed E-state index contributed by atoms with van der Waals surface area (Å²) in [5.41, 5.74) is -0.243. The van der Waals surface area contributed by atoms with Gasteiger partial charge in [0.1, 0.15) is 17.4 Å². The van der Waals surface area contributed by atoms with Crippen molar-refractivity contribution >= 4 is 11.7 Å².